The van der Waals surface area contributed by atoms with Crippen molar-refractivity contribution >= 4 is 16.9 Å². The molecule has 1 N–H and O–H groups in total. The molecule has 1 saturated carbocycles. The topological polar surface area (TPSA) is 56.1 Å². The minimum Gasteiger partial charge on any atom is -0.492 e. The predicted octanol–water partition coefficient (Wildman–Crippen LogP) is 3.75. The highest BCUT2D eigenvalue weighted by molar-refractivity contribution is 5.80. The van der Waals surface area contributed by atoms with E-state index in [4.69, 9.17) is 9.72 Å². The number of fused-ring (bicyclic) bond motifs is 1. The number of amides is 1. The Balaban J connectivity index is 1.40. The van der Waals surface area contributed by atoms with E-state index in [2.05, 4.69) is 35.0 Å². The Labute approximate surface area is 165 Å². The van der Waals surface area contributed by atoms with Crippen molar-refractivity contribution in [3.05, 3.63) is 59.9 Å². The molecular weight excluding hydrogens is 350 g/mol. The van der Waals surface area contributed by atoms with Gasteiger partial charge in [0.15, 0.2) is 0 Å². The largest absolute Gasteiger partial charge is 0.492 e. The maximum Gasteiger partial charge on any atom is 0.223 e. The molecule has 1 aromatic heterocycles. The lowest BCUT2D eigenvalue weighted by Gasteiger charge is -2.11. The summed E-state index contributed by atoms with van der Waals surface area (Å²) in [6.07, 6.45) is 3.81. The highest BCUT2D eigenvalue weighted by Gasteiger charge is 2.29. The van der Waals surface area contributed by atoms with Crippen molar-refractivity contribution in [2.75, 3.05) is 13.2 Å². The Morgan fingerprint density at radius 2 is 1.96 bits per heavy atom. The standard InChI is InChI=1S/C23H27N3O2/c1-2-17-7-11-19(12-8-17)28-16-15-26-21-6-4-3-5-20(21)25-22(26)13-14-24-23(27)18-9-10-18/h3-8,11-12,18H,2,9-10,13-16H2,1H3,(H,24,27). The highest BCUT2D eigenvalue weighted by Crippen LogP contribution is 2.28. The van der Waals surface area contributed by atoms with E-state index in [1.54, 1.807) is 0 Å². The molecule has 2 aromatic carbocycles. The molecule has 0 unspecified atom stereocenters. The van der Waals surface area contributed by atoms with Crippen LogP contribution in [-0.4, -0.2) is 28.6 Å². The number of para-hydroxylation sites is 2. The van der Waals surface area contributed by atoms with E-state index in [1.807, 2.05) is 30.3 Å². The molecule has 4 rings (SSSR count). The molecule has 0 radical (unpaired) electrons. The van der Waals surface area contributed by atoms with Crippen molar-refractivity contribution in [3.8, 4) is 5.75 Å². The fourth-order valence-electron chi connectivity index (χ4n) is 3.43. The molecule has 1 fully saturated rings. The van der Waals surface area contributed by atoms with E-state index in [0.29, 0.717) is 13.2 Å². The van der Waals surface area contributed by atoms with Crippen LogP contribution in [0.3, 0.4) is 0 Å². The lowest BCUT2D eigenvalue weighted by atomic mass is 10.2. The number of ether oxygens (including phenoxy) is 1. The third-order valence-corrected chi connectivity index (χ3v) is 5.24. The van der Waals surface area contributed by atoms with Crippen LogP contribution in [-0.2, 0) is 24.2 Å². The minimum absolute atomic E-state index is 0.182. The Morgan fingerprint density at radius 3 is 2.71 bits per heavy atom. The Morgan fingerprint density at radius 1 is 1.18 bits per heavy atom. The molecule has 0 atom stereocenters. The van der Waals surface area contributed by atoms with Crippen molar-refractivity contribution in [1.29, 1.82) is 0 Å². The van der Waals surface area contributed by atoms with Crippen LogP contribution in [0.4, 0.5) is 0 Å². The fraction of sp³-hybridized carbons (Fsp3) is 0.391. The molecule has 5 nitrogen and oxygen atoms in total. The monoisotopic (exact) mass is 377 g/mol. The highest BCUT2D eigenvalue weighted by atomic mass is 16.5. The quantitative estimate of drug-likeness (QED) is 0.618. The SMILES string of the molecule is CCc1ccc(OCCn2c(CCNC(=O)C3CC3)nc3ccccc32)cc1. The average molecular weight is 377 g/mol. The van der Waals surface area contributed by atoms with E-state index < -0.39 is 0 Å². The third-order valence-electron chi connectivity index (χ3n) is 5.24. The summed E-state index contributed by atoms with van der Waals surface area (Å²) >= 11 is 0. The second-order valence-corrected chi connectivity index (χ2v) is 7.33. The van der Waals surface area contributed by atoms with Gasteiger partial charge in [-0.3, -0.25) is 4.79 Å². The van der Waals surface area contributed by atoms with Crippen LogP contribution in [0.25, 0.3) is 11.0 Å². The summed E-state index contributed by atoms with van der Waals surface area (Å²) in [5.41, 5.74) is 3.40. The number of hydrogen-bond donors (Lipinski definition) is 1. The molecule has 0 bridgehead atoms. The molecular formula is C23H27N3O2. The number of hydrogen-bond acceptors (Lipinski definition) is 3. The summed E-state index contributed by atoms with van der Waals surface area (Å²) in [6, 6.07) is 16.4. The zero-order chi connectivity index (χ0) is 19.3. The molecule has 0 spiro atoms. The van der Waals surface area contributed by atoms with Gasteiger partial charge < -0.3 is 14.6 Å². The van der Waals surface area contributed by atoms with E-state index in [-0.39, 0.29) is 11.8 Å². The molecule has 28 heavy (non-hydrogen) atoms. The van der Waals surface area contributed by atoms with Crippen LogP contribution in [0.15, 0.2) is 48.5 Å². The van der Waals surface area contributed by atoms with Crippen molar-refractivity contribution in [2.24, 2.45) is 5.92 Å². The first kappa shape index (κ1) is 18.5. The van der Waals surface area contributed by atoms with E-state index >= 15 is 0 Å². The number of nitrogens with one attached hydrogen (secondary N) is 1. The minimum atomic E-state index is 0.182. The van der Waals surface area contributed by atoms with Gasteiger partial charge in [-0.05, 0) is 49.1 Å². The molecule has 1 aliphatic rings. The van der Waals surface area contributed by atoms with Crippen molar-refractivity contribution in [2.45, 2.75) is 39.2 Å². The van der Waals surface area contributed by atoms with Crippen LogP contribution in [0.2, 0.25) is 0 Å². The van der Waals surface area contributed by atoms with Gasteiger partial charge in [-0.15, -0.1) is 0 Å². The van der Waals surface area contributed by atoms with Gasteiger partial charge in [0.25, 0.3) is 0 Å². The number of nitrogens with zero attached hydrogens (tertiary/aromatic N) is 2. The first-order chi connectivity index (χ1) is 13.7. The summed E-state index contributed by atoms with van der Waals surface area (Å²) in [4.78, 5) is 16.6. The average Bonchev–Trinajstić information content (AvgIpc) is 3.52. The Kier molecular flexibility index (Phi) is 5.60. The molecule has 146 valence electrons. The first-order valence-electron chi connectivity index (χ1n) is 10.2. The van der Waals surface area contributed by atoms with Crippen LogP contribution in [0, 0.1) is 5.92 Å². The van der Waals surface area contributed by atoms with Gasteiger partial charge in [-0.1, -0.05) is 31.2 Å². The zero-order valence-corrected chi connectivity index (χ0v) is 16.4. The number of benzene rings is 2. The zero-order valence-electron chi connectivity index (χ0n) is 16.4. The number of carbonyl (C=O) groups excluding carboxylic acids is 1. The Hall–Kier alpha value is -2.82. The van der Waals surface area contributed by atoms with Gasteiger partial charge in [0, 0.05) is 18.9 Å². The predicted molar refractivity (Wildman–Crippen MR) is 110 cm³/mol. The van der Waals surface area contributed by atoms with Crippen LogP contribution < -0.4 is 10.1 Å². The van der Waals surface area contributed by atoms with Crippen molar-refractivity contribution in [1.82, 2.24) is 14.9 Å². The lowest BCUT2D eigenvalue weighted by Crippen LogP contribution is -2.27. The van der Waals surface area contributed by atoms with E-state index in [9.17, 15) is 4.79 Å². The fourth-order valence-corrected chi connectivity index (χ4v) is 3.43. The lowest BCUT2D eigenvalue weighted by molar-refractivity contribution is -0.122. The third kappa shape index (κ3) is 4.35. The summed E-state index contributed by atoms with van der Waals surface area (Å²) in [5.74, 6) is 2.30. The van der Waals surface area contributed by atoms with Crippen LogP contribution in [0.1, 0.15) is 31.2 Å². The van der Waals surface area contributed by atoms with Gasteiger partial charge >= 0.3 is 0 Å². The van der Waals surface area contributed by atoms with Gasteiger partial charge in [0.1, 0.15) is 18.2 Å². The summed E-state index contributed by atoms with van der Waals surface area (Å²) in [6.45, 7) is 4.07. The molecule has 1 amide bonds. The summed E-state index contributed by atoms with van der Waals surface area (Å²) in [7, 11) is 0. The molecule has 0 saturated heterocycles. The maximum absolute atomic E-state index is 11.9. The molecule has 1 heterocycles. The van der Waals surface area contributed by atoms with Gasteiger partial charge in [0.05, 0.1) is 17.6 Å². The number of aryl methyl sites for hydroxylation is 1. The number of carbonyl (C=O) groups is 1. The van der Waals surface area contributed by atoms with E-state index in [0.717, 1.165) is 54.8 Å². The van der Waals surface area contributed by atoms with E-state index in [1.165, 1.54) is 5.56 Å². The molecule has 5 heteroatoms. The maximum atomic E-state index is 11.9. The number of aromatic nitrogens is 2. The first-order valence-corrected chi connectivity index (χ1v) is 10.2. The van der Waals surface area contributed by atoms with Gasteiger partial charge in [0.2, 0.25) is 5.91 Å². The number of rotatable bonds is 9. The summed E-state index contributed by atoms with van der Waals surface area (Å²) in [5, 5.41) is 3.03. The summed E-state index contributed by atoms with van der Waals surface area (Å²) < 4.78 is 8.15. The second kappa shape index (κ2) is 8.46. The molecule has 1 aliphatic carbocycles. The second-order valence-electron chi connectivity index (χ2n) is 7.33. The van der Waals surface area contributed by atoms with Crippen LogP contribution >= 0.6 is 0 Å². The molecule has 3 aromatic rings. The van der Waals surface area contributed by atoms with Crippen molar-refractivity contribution < 1.29 is 9.53 Å². The smallest absolute Gasteiger partial charge is 0.223 e. The normalized spacial score (nSPS) is 13.6. The van der Waals surface area contributed by atoms with Gasteiger partial charge in [-0.25, -0.2) is 4.98 Å². The van der Waals surface area contributed by atoms with Crippen LogP contribution in [0.5, 0.6) is 5.75 Å². The molecule has 0 aliphatic heterocycles. The van der Waals surface area contributed by atoms with Crippen molar-refractivity contribution in [3.63, 3.8) is 0 Å². The Bertz CT molecular complexity index is 942. The van der Waals surface area contributed by atoms with Gasteiger partial charge in [-0.2, -0.15) is 0 Å². The number of imidazole rings is 1.